The third-order valence-corrected chi connectivity index (χ3v) is 3.74. The number of amides is 1. The van der Waals surface area contributed by atoms with E-state index in [1.807, 2.05) is 0 Å². The monoisotopic (exact) mass is 270 g/mol. The second-order valence-electron chi connectivity index (χ2n) is 3.00. The number of carbonyl (C=O) groups excluding carboxylic acids is 1. The summed E-state index contributed by atoms with van der Waals surface area (Å²) in [5.74, 6) is 4.03. The van der Waals surface area contributed by atoms with E-state index >= 15 is 0 Å². The van der Waals surface area contributed by atoms with E-state index in [2.05, 4.69) is 21.5 Å². The molecule has 0 unspecified atom stereocenters. The quantitative estimate of drug-likeness (QED) is 0.528. The van der Waals surface area contributed by atoms with Gasteiger partial charge in [0.15, 0.2) is 5.13 Å². The molecule has 0 fully saturated rings. The van der Waals surface area contributed by atoms with Crippen LogP contribution in [0.5, 0.6) is 0 Å². The van der Waals surface area contributed by atoms with Crippen molar-refractivity contribution < 1.29 is 4.79 Å². The minimum Gasteiger partial charge on any atom is -0.382 e. The Balaban J connectivity index is 2.41. The molecule has 5 nitrogen and oxygen atoms in total. The molecule has 1 amide bonds. The zero-order valence-corrected chi connectivity index (χ0v) is 11.1. The highest BCUT2D eigenvalue weighted by Gasteiger charge is 2.14. The van der Waals surface area contributed by atoms with Crippen LogP contribution in [0.3, 0.4) is 0 Å². The second-order valence-corrected chi connectivity index (χ2v) is 5.10. The standard InChI is InChI=1S/C10H14N4OS2/c1-3-5-16-6-4-13-9(15)7-8(11)14-10(12-2)17-7/h1H,4-6,11H2,2H3,(H,12,14)(H,13,15). The predicted octanol–water partition coefficient (Wildman–Crippen LogP) is 0.863. The molecule has 1 aromatic heterocycles. The molecule has 4 N–H and O–H groups in total. The van der Waals surface area contributed by atoms with E-state index in [9.17, 15) is 4.79 Å². The van der Waals surface area contributed by atoms with Gasteiger partial charge in [0, 0.05) is 19.3 Å². The van der Waals surface area contributed by atoms with Crippen LogP contribution in [0, 0.1) is 12.3 Å². The number of nitrogen functional groups attached to an aromatic ring is 1. The number of nitrogens with two attached hydrogens (primary N) is 1. The fraction of sp³-hybridized carbons (Fsp3) is 0.400. The minimum atomic E-state index is -0.192. The number of thiazole rings is 1. The van der Waals surface area contributed by atoms with Crippen molar-refractivity contribution in [2.75, 3.05) is 36.1 Å². The summed E-state index contributed by atoms with van der Waals surface area (Å²) in [4.78, 5) is 16.2. The summed E-state index contributed by atoms with van der Waals surface area (Å²) in [5.41, 5.74) is 5.64. The number of thioether (sulfide) groups is 1. The molecule has 0 radical (unpaired) electrons. The first-order valence-corrected chi connectivity index (χ1v) is 6.89. The summed E-state index contributed by atoms with van der Waals surface area (Å²) in [6, 6.07) is 0. The summed E-state index contributed by atoms with van der Waals surface area (Å²) in [7, 11) is 1.73. The van der Waals surface area contributed by atoms with Crippen molar-refractivity contribution in [1.29, 1.82) is 0 Å². The Bertz CT molecular complexity index is 424. The first-order chi connectivity index (χ1) is 8.19. The van der Waals surface area contributed by atoms with E-state index in [1.165, 1.54) is 11.3 Å². The number of terminal acetylenes is 1. The normalized spacial score (nSPS) is 9.65. The minimum absolute atomic E-state index is 0.192. The van der Waals surface area contributed by atoms with Crippen LogP contribution >= 0.6 is 23.1 Å². The van der Waals surface area contributed by atoms with Gasteiger partial charge in [-0.2, -0.15) is 0 Å². The van der Waals surface area contributed by atoms with Crippen molar-refractivity contribution in [1.82, 2.24) is 10.3 Å². The molecule has 92 valence electrons. The Morgan fingerprint density at radius 2 is 2.47 bits per heavy atom. The highest BCUT2D eigenvalue weighted by molar-refractivity contribution is 7.99. The number of anilines is 2. The van der Waals surface area contributed by atoms with Gasteiger partial charge in [0.1, 0.15) is 10.7 Å². The topological polar surface area (TPSA) is 80.0 Å². The zero-order valence-electron chi connectivity index (χ0n) is 9.45. The Labute approximate surface area is 109 Å². The third-order valence-electron chi connectivity index (χ3n) is 1.79. The van der Waals surface area contributed by atoms with E-state index in [0.717, 1.165) is 5.75 Å². The number of nitrogens with zero attached hydrogens (tertiary/aromatic N) is 1. The van der Waals surface area contributed by atoms with Crippen molar-refractivity contribution >= 4 is 40.0 Å². The van der Waals surface area contributed by atoms with Crippen LogP contribution in [0.4, 0.5) is 10.9 Å². The van der Waals surface area contributed by atoms with E-state index in [4.69, 9.17) is 12.2 Å². The average Bonchev–Trinajstić information content (AvgIpc) is 2.70. The lowest BCUT2D eigenvalue weighted by atomic mass is 10.4. The lowest BCUT2D eigenvalue weighted by molar-refractivity contribution is 0.0961. The number of rotatable bonds is 6. The van der Waals surface area contributed by atoms with Gasteiger partial charge in [-0.25, -0.2) is 4.98 Å². The summed E-state index contributed by atoms with van der Waals surface area (Å²) < 4.78 is 0. The maximum Gasteiger partial charge on any atom is 0.265 e. The molecule has 17 heavy (non-hydrogen) atoms. The van der Waals surface area contributed by atoms with Crippen LogP contribution in [-0.4, -0.2) is 36.0 Å². The number of aromatic nitrogens is 1. The summed E-state index contributed by atoms with van der Waals surface area (Å²) in [5, 5.41) is 6.25. The van der Waals surface area contributed by atoms with Gasteiger partial charge in [-0.1, -0.05) is 17.3 Å². The van der Waals surface area contributed by atoms with Gasteiger partial charge in [0.05, 0.1) is 5.75 Å². The van der Waals surface area contributed by atoms with Gasteiger partial charge in [0.25, 0.3) is 5.91 Å². The van der Waals surface area contributed by atoms with Crippen molar-refractivity contribution in [3.05, 3.63) is 4.88 Å². The van der Waals surface area contributed by atoms with E-state index in [-0.39, 0.29) is 11.7 Å². The first-order valence-electron chi connectivity index (χ1n) is 4.92. The van der Waals surface area contributed by atoms with Crippen LogP contribution in [0.25, 0.3) is 0 Å². The fourth-order valence-corrected chi connectivity index (χ4v) is 2.31. The SMILES string of the molecule is C#CCSCCNC(=O)c1sc(NC)nc1N. The zero-order chi connectivity index (χ0) is 12.7. The molecular weight excluding hydrogens is 256 g/mol. The number of hydrogen-bond donors (Lipinski definition) is 3. The summed E-state index contributed by atoms with van der Waals surface area (Å²) >= 11 is 2.84. The molecule has 0 aliphatic carbocycles. The lowest BCUT2D eigenvalue weighted by Gasteiger charge is -2.02. The lowest BCUT2D eigenvalue weighted by Crippen LogP contribution is -2.25. The van der Waals surface area contributed by atoms with Crippen molar-refractivity contribution in [3.63, 3.8) is 0 Å². The van der Waals surface area contributed by atoms with Crippen LogP contribution in [-0.2, 0) is 0 Å². The Morgan fingerprint density at radius 1 is 1.71 bits per heavy atom. The van der Waals surface area contributed by atoms with E-state index in [1.54, 1.807) is 18.8 Å². The molecule has 1 aromatic rings. The number of nitrogens with one attached hydrogen (secondary N) is 2. The maximum atomic E-state index is 11.7. The van der Waals surface area contributed by atoms with Gasteiger partial charge >= 0.3 is 0 Å². The highest BCUT2D eigenvalue weighted by Crippen LogP contribution is 2.24. The molecule has 0 atom stereocenters. The Hall–Kier alpha value is -1.39. The molecule has 7 heteroatoms. The molecule has 0 saturated carbocycles. The van der Waals surface area contributed by atoms with E-state index < -0.39 is 0 Å². The summed E-state index contributed by atoms with van der Waals surface area (Å²) in [6.07, 6.45) is 5.11. The summed E-state index contributed by atoms with van der Waals surface area (Å²) in [6.45, 7) is 0.567. The van der Waals surface area contributed by atoms with E-state index in [0.29, 0.717) is 22.3 Å². The smallest absolute Gasteiger partial charge is 0.265 e. The van der Waals surface area contributed by atoms with Crippen LogP contribution in [0.2, 0.25) is 0 Å². The van der Waals surface area contributed by atoms with Gasteiger partial charge in [-0.15, -0.1) is 18.2 Å². The molecule has 0 saturated heterocycles. The fourth-order valence-electron chi connectivity index (χ4n) is 1.05. The van der Waals surface area contributed by atoms with Crippen molar-refractivity contribution in [3.8, 4) is 12.3 Å². The highest BCUT2D eigenvalue weighted by atomic mass is 32.2. The molecule has 1 rings (SSSR count). The molecule has 0 spiro atoms. The number of carbonyl (C=O) groups is 1. The van der Waals surface area contributed by atoms with Gasteiger partial charge in [-0.3, -0.25) is 4.79 Å². The van der Waals surface area contributed by atoms with Gasteiger partial charge in [-0.05, 0) is 0 Å². The Morgan fingerprint density at radius 3 is 3.06 bits per heavy atom. The second kappa shape index (κ2) is 7.04. The van der Waals surface area contributed by atoms with Crippen LogP contribution < -0.4 is 16.4 Å². The van der Waals surface area contributed by atoms with Crippen molar-refractivity contribution in [2.45, 2.75) is 0 Å². The molecule has 1 heterocycles. The first kappa shape index (κ1) is 13.7. The average molecular weight is 270 g/mol. The Kier molecular flexibility index (Phi) is 5.66. The van der Waals surface area contributed by atoms with Crippen LogP contribution in [0.15, 0.2) is 0 Å². The molecule has 0 aliphatic rings. The van der Waals surface area contributed by atoms with Gasteiger partial charge in [0.2, 0.25) is 0 Å². The predicted molar refractivity (Wildman–Crippen MR) is 74.6 cm³/mol. The maximum absolute atomic E-state index is 11.7. The van der Waals surface area contributed by atoms with Gasteiger partial charge < -0.3 is 16.4 Å². The largest absolute Gasteiger partial charge is 0.382 e. The van der Waals surface area contributed by atoms with Crippen LogP contribution in [0.1, 0.15) is 9.67 Å². The number of hydrogen-bond acceptors (Lipinski definition) is 6. The molecule has 0 bridgehead atoms. The molecular formula is C10H14N4OS2. The van der Waals surface area contributed by atoms with Crippen molar-refractivity contribution in [2.24, 2.45) is 0 Å². The third kappa shape index (κ3) is 4.17. The molecule has 0 aromatic carbocycles. The molecule has 0 aliphatic heterocycles.